The summed E-state index contributed by atoms with van der Waals surface area (Å²) in [6.07, 6.45) is -10.5. The molecule has 0 spiro atoms. The highest BCUT2D eigenvalue weighted by Crippen LogP contribution is 2.34. The smallest absolute Gasteiger partial charge is 0.435 e. The molecule has 0 saturated carbocycles. The number of carbonyl (C=O) groups is 2. The number of alkyl carbamates (subject to hydrolysis) is 1. The number of ether oxygens (including phenoxy) is 2. The normalized spacial score (nSPS) is 12.5. The molecule has 2 aromatic heterocycles. The molecule has 3 amide bonds. The van der Waals surface area contributed by atoms with Crippen LogP contribution in [0.25, 0.3) is 4.96 Å². The number of nitrogens with one attached hydrogen (secondary N) is 1. The van der Waals surface area contributed by atoms with E-state index in [1.54, 1.807) is 5.32 Å². The molecule has 1 N–H and O–H groups in total. The van der Waals surface area contributed by atoms with E-state index in [1.807, 2.05) is 0 Å². The zero-order valence-electron chi connectivity index (χ0n) is 16.6. The van der Waals surface area contributed by atoms with E-state index in [0.717, 1.165) is 15.9 Å². The Balaban J connectivity index is 2.43. The van der Waals surface area contributed by atoms with Gasteiger partial charge in [0.05, 0.1) is 25.5 Å². The molecular formula is C16H17F6N5O4S. The van der Waals surface area contributed by atoms with E-state index in [2.05, 4.69) is 14.8 Å². The number of hydrogen-bond donors (Lipinski definition) is 1. The molecule has 0 radical (unpaired) electrons. The van der Waals surface area contributed by atoms with E-state index in [-0.39, 0.29) is 29.3 Å². The van der Waals surface area contributed by atoms with Crippen molar-refractivity contribution < 1.29 is 45.4 Å². The first-order valence-corrected chi connectivity index (χ1v) is 9.58. The fourth-order valence-corrected chi connectivity index (χ4v) is 3.31. The van der Waals surface area contributed by atoms with E-state index in [1.165, 1.54) is 14.0 Å². The zero-order valence-corrected chi connectivity index (χ0v) is 17.4. The third-order valence-electron chi connectivity index (χ3n) is 3.62. The molecule has 0 unspecified atom stereocenters. The minimum Gasteiger partial charge on any atom is -0.450 e. The van der Waals surface area contributed by atoms with E-state index >= 15 is 0 Å². The van der Waals surface area contributed by atoms with Crippen LogP contribution in [0.4, 0.5) is 35.9 Å². The predicted molar refractivity (Wildman–Crippen MR) is 97.7 cm³/mol. The summed E-state index contributed by atoms with van der Waals surface area (Å²) < 4.78 is 88.0. The Morgan fingerprint density at radius 3 is 2.50 bits per heavy atom. The summed E-state index contributed by atoms with van der Waals surface area (Å²) in [4.78, 5) is 27.8. The number of fused-ring (bicyclic) bond motifs is 1. The maximum Gasteiger partial charge on any atom is 0.435 e. The van der Waals surface area contributed by atoms with Crippen LogP contribution in [-0.2, 0) is 28.8 Å². The highest BCUT2D eigenvalue weighted by atomic mass is 32.1. The van der Waals surface area contributed by atoms with Crippen molar-refractivity contribution in [2.24, 2.45) is 0 Å². The number of carbonyl (C=O) groups excluding carboxylic acids is 2. The molecule has 178 valence electrons. The van der Waals surface area contributed by atoms with Gasteiger partial charge in [-0.15, -0.1) is 0 Å². The fraction of sp³-hybridized carbons (Fsp3) is 0.500. The number of imide groups is 1. The van der Waals surface area contributed by atoms with Gasteiger partial charge in [-0.25, -0.2) is 24.4 Å². The van der Waals surface area contributed by atoms with Gasteiger partial charge in [0.2, 0.25) is 4.96 Å². The molecule has 0 aliphatic heterocycles. The highest BCUT2D eigenvalue weighted by Gasteiger charge is 2.39. The molecule has 0 bridgehead atoms. The molecule has 9 nitrogen and oxygen atoms in total. The lowest BCUT2D eigenvalue weighted by molar-refractivity contribution is -0.141. The van der Waals surface area contributed by atoms with Crippen molar-refractivity contribution in [3.8, 4) is 0 Å². The van der Waals surface area contributed by atoms with Gasteiger partial charge in [-0.05, 0) is 6.92 Å². The maximum atomic E-state index is 13.5. The molecule has 0 saturated heterocycles. The van der Waals surface area contributed by atoms with Gasteiger partial charge >= 0.3 is 24.5 Å². The second-order valence-electron chi connectivity index (χ2n) is 6.00. The van der Waals surface area contributed by atoms with Crippen LogP contribution >= 0.6 is 11.3 Å². The number of urea groups is 1. The van der Waals surface area contributed by atoms with Crippen LogP contribution in [-0.4, -0.2) is 58.1 Å². The number of allylic oxidation sites excluding steroid dienone is 1. The van der Waals surface area contributed by atoms with Crippen molar-refractivity contribution in [2.45, 2.75) is 32.4 Å². The molecule has 32 heavy (non-hydrogen) atoms. The van der Waals surface area contributed by atoms with Crippen molar-refractivity contribution in [3.63, 3.8) is 0 Å². The summed E-state index contributed by atoms with van der Waals surface area (Å²) in [5.41, 5.74) is -1.97. The number of halogens is 6. The third-order valence-corrected chi connectivity index (χ3v) is 4.50. The van der Waals surface area contributed by atoms with Crippen molar-refractivity contribution in [2.75, 3.05) is 20.3 Å². The van der Waals surface area contributed by atoms with Crippen LogP contribution in [0.3, 0.4) is 0 Å². The van der Waals surface area contributed by atoms with Gasteiger partial charge in [0.15, 0.2) is 5.69 Å². The minimum atomic E-state index is -4.94. The van der Waals surface area contributed by atoms with Crippen LogP contribution in [0.5, 0.6) is 0 Å². The summed E-state index contributed by atoms with van der Waals surface area (Å²) in [7, 11) is 1.35. The first-order chi connectivity index (χ1) is 14.9. The topological polar surface area (TPSA) is 98.1 Å². The Kier molecular flexibility index (Phi) is 8.06. The number of imidazole rings is 1. The average Bonchev–Trinajstić information content (AvgIpc) is 3.18. The Morgan fingerprint density at radius 2 is 1.94 bits per heavy atom. The monoisotopic (exact) mass is 489 g/mol. The van der Waals surface area contributed by atoms with E-state index in [9.17, 15) is 35.9 Å². The molecule has 0 atom stereocenters. The Hall–Kier alpha value is -2.88. The van der Waals surface area contributed by atoms with Gasteiger partial charge in [0.25, 0.3) is 0 Å². The summed E-state index contributed by atoms with van der Waals surface area (Å²) in [6, 6.07) is -1.27. The molecule has 2 aromatic rings. The van der Waals surface area contributed by atoms with Gasteiger partial charge in [-0.3, -0.25) is 0 Å². The minimum absolute atomic E-state index is 0.0177. The van der Waals surface area contributed by atoms with E-state index < -0.39 is 49.0 Å². The van der Waals surface area contributed by atoms with Crippen molar-refractivity contribution in [1.82, 2.24) is 24.8 Å². The second kappa shape index (κ2) is 10.2. The van der Waals surface area contributed by atoms with Crippen molar-refractivity contribution in [1.29, 1.82) is 0 Å². The maximum absolute atomic E-state index is 13.5. The lowest BCUT2D eigenvalue weighted by Crippen LogP contribution is -2.43. The highest BCUT2D eigenvalue weighted by molar-refractivity contribution is 7.16. The number of aromatic nitrogens is 3. The second-order valence-corrected chi connectivity index (χ2v) is 7.04. The Labute approximate surface area is 180 Å². The molecule has 0 fully saturated rings. The van der Waals surface area contributed by atoms with Gasteiger partial charge in [-0.1, -0.05) is 17.4 Å². The zero-order chi connectivity index (χ0) is 24.1. The number of alkyl halides is 6. The lowest BCUT2D eigenvalue weighted by Gasteiger charge is -2.21. The summed E-state index contributed by atoms with van der Waals surface area (Å²) in [5.74, 6) is 0. The predicted octanol–water partition coefficient (Wildman–Crippen LogP) is 3.74. The molecule has 0 aromatic carbocycles. The molecule has 0 aliphatic rings. The van der Waals surface area contributed by atoms with Gasteiger partial charge in [0, 0.05) is 19.7 Å². The van der Waals surface area contributed by atoms with Crippen LogP contribution in [0, 0.1) is 0 Å². The lowest BCUT2D eigenvalue weighted by atomic mass is 10.3. The van der Waals surface area contributed by atoms with E-state index in [4.69, 9.17) is 4.74 Å². The quantitative estimate of drug-likeness (QED) is 0.470. The van der Waals surface area contributed by atoms with Gasteiger partial charge < -0.3 is 14.4 Å². The Bertz CT molecular complexity index is 984. The fourth-order valence-electron chi connectivity index (χ4n) is 2.43. The molecule has 16 heteroatoms. The number of rotatable bonds is 7. The molecule has 2 heterocycles. The summed E-state index contributed by atoms with van der Waals surface area (Å²) in [5, 5.41) is 5.98. The summed E-state index contributed by atoms with van der Waals surface area (Å²) >= 11 is 0.807. The molecule has 0 aliphatic carbocycles. The largest absolute Gasteiger partial charge is 0.450 e. The average molecular weight is 489 g/mol. The van der Waals surface area contributed by atoms with Crippen molar-refractivity contribution >= 4 is 28.4 Å². The first-order valence-electron chi connectivity index (χ1n) is 8.76. The summed E-state index contributed by atoms with van der Waals surface area (Å²) in [6.45, 7) is -0.331. The van der Waals surface area contributed by atoms with Crippen LogP contribution in [0.1, 0.15) is 23.3 Å². The third kappa shape index (κ3) is 6.81. The van der Waals surface area contributed by atoms with Crippen molar-refractivity contribution in [3.05, 3.63) is 28.5 Å². The number of methoxy groups -OCH3 is 1. The molecular weight excluding hydrogens is 472 g/mol. The SMILES string of the molecule is CCOC(=O)NC(=O)N(C/C=C/C(F)(F)F)Cc1c(C(F)(F)F)nc2sc(COC)nn12. The van der Waals surface area contributed by atoms with Gasteiger partial charge in [0.1, 0.15) is 5.01 Å². The molecule has 2 rings (SSSR count). The number of hydrogen-bond acceptors (Lipinski definition) is 7. The Morgan fingerprint density at radius 1 is 1.25 bits per heavy atom. The van der Waals surface area contributed by atoms with Gasteiger partial charge in [-0.2, -0.15) is 31.4 Å². The first kappa shape index (κ1) is 25.4. The standard InChI is InChI=1S/C16H17F6N5O4S/c1-3-31-14(29)24-12(28)26(6-4-5-15(17,18)19)7-9-11(16(20,21)22)23-13-27(9)25-10(32-13)8-30-2/h4-5H,3,6-8H2,1-2H3,(H,24,28,29)/b5-4+. The van der Waals surface area contributed by atoms with Crippen LogP contribution < -0.4 is 5.32 Å². The number of nitrogens with zero attached hydrogens (tertiary/aromatic N) is 4. The van der Waals surface area contributed by atoms with Crippen LogP contribution in [0.2, 0.25) is 0 Å². The van der Waals surface area contributed by atoms with E-state index in [0.29, 0.717) is 11.0 Å². The number of amides is 3. The van der Waals surface area contributed by atoms with Crippen LogP contribution in [0.15, 0.2) is 12.2 Å².